The minimum atomic E-state index is -3.81. The molecule has 1 aromatic carbocycles. The number of sulfonamides is 1. The number of hydrogen-bond acceptors (Lipinski definition) is 7. The lowest BCUT2D eigenvalue weighted by Gasteiger charge is -2.13. The number of urea groups is 1. The van der Waals surface area contributed by atoms with Crippen LogP contribution in [0, 0.1) is 11.6 Å². The van der Waals surface area contributed by atoms with E-state index in [2.05, 4.69) is 32.3 Å². The van der Waals surface area contributed by atoms with Crippen molar-refractivity contribution in [3.63, 3.8) is 0 Å². The molecule has 0 saturated carbocycles. The molecule has 1 aromatic heterocycles. The molecule has 144 valence electrons. The second kappa shape index (κ2) is 7.90. The first-order valence-corrected chi connectivity index (χ1v) is 9.08. The van der Waals surface area contributed by atoms with Gasteiger partial charge in [0.2, 0.25) is 10.0 Å². The van der Waals surface area contributed by atoms with E-state index in [-0.39, 0.29) is 17.3 Å². The molecule has 0 atom stereocenters. The SMILES string of the molecule is C=Nc1c(NC)ncnc1NC(=O)Nc1c(F)ccc(NS(C)(=O)=O)c1F. The van der Waals surface area contributed by atoms with Crippen molar-refractivity contribution < 1.29 is 22.0 Å². The lowest BCUT2D eigenvalue weighted by molar-refractivity contribution is 0.262. The molecular formula is C14H15F2N7O3S. The molecule has 4 N–H and O–H groups in total. The number of amides is 2. The fourth-order valence-corrected chi connectivity index (χ4v) is 2.56. The fraction of sp³-hybridized carbons (Fsp3) is 0.143. The van der Waals surface area contributed by atoms with Crippen molar-refractivity contribution in [2.75, 3.05) is 34.0 Å². The number of carbonyl (C=O) groups excluding carboxylic acids is 1. The van der Waals surface area contributed by atoms with E-state index in [1.54, 1.807) is 7.05 Å². The van der Waals surface area contributed by atoms with Crippen LogP contribution in [-0.2, 0) is 10.0 Å². The summed E-state index contributed by atoms with van der Waals surface area (Å²) < 4.78 is 52.6. The predicted molar refractivity (Wildman–Crippen MR) is 98.3 cm³/mol. The highest BCUT2D eigenvalue weighted by molar-refractivity contribution is 7.92. The van der Waals surface area contributed by atoms with Crippen molar-refractivity contribution in [2.45, 2.75) is 0 Å². The van der Waals surface area contributed by atoms with E-state index < -0.39 is 39.1 Å². The minimum absolute atomic E-state index is 0.0620. The van der Waals surface area contributed by atoms with Gasteiger partial charge >= 0.3 is 6.03 Å². The van der Waals surface area contributed by atoms with Crippen LogP contribution in [0.25, 0.3) is 0 Å². The van der Waals surface area contributed by atoms with Gasteiger partial charge in [0, 0.05) is 7.05 Å². The van der Waals surface area contributed by atoms with E-state index in [0.717, 1.165) is 24.7 Å². The summed E-state index contributed by atoms with van der Waals surface area (Å²) in [5, 5.41) is 6.94. The van der Waals surface area contributed by atoms with Crippen molar-refractivity contribution in [1.82, 2.24) is 9.97 Å². The Kier molecular flexibility index (Phi) is 5.85. The number of rotatable bonds is 6. The molecule has 0 spiro atoms. The first-order chi connectivity index (χ1) is 12.7. The van der Waals surface area contributed by atoms with Gasteiger partial charge in [-0.1, -0.05) is 0 Å². The summed E-state index contributed by atoms with van der Waals surface area (Å²) in [7, 11) is -2.25. The number of nitrogens with zero attached hydrogens (tertiary/aromatic N) is 3. The summed E-state index contributed by atoms with van der Waals surface area (Å²) in [6.45, 7) is 3.34. The Labute approximate surface area is 153 Å². The average Bonchev–Trinajstić information content (AvgIpc) is 2.59. The number of anilines is 4. The number of aromatic nitrogens is 2. The number of nitrogens with one attached hydrogen (secondary N) is 4. The maximum atomic E-state index is 14.4. The predicted octanol–water partition coefficient (Wildman–Crippen LogP) is 2.14. The van der Waals surface area contributed by atoms with Gasteiger partial charge in [0.05, 0.1) is 11.9 Å². The first-order valence-electron chi connectivity index (χ1n) is 7.19. The zero-order valence-electron chi connectivity index (χ0n) is 14.2. The van der Waals surface area contributed by atoms with Crippen LogP contribution >= 0.6 is 0 Å². The minimum Gasteiger partial charge on any atom is -0.371 e. The zero-order chi connectivity index (χ0) is 20.2. The molecule has 13 heteroatoms. The first kappa shape index (κ1) is 20.0. The Morgan fingerprint density at radius 3 is 2.44 bits per heavy atom. The van der Waals surface area contributed by atoms with Gasteiger partial charge < -0.3 is 10.6 Å². The van der Waals surface area contributed by atoms with Crippen molar-refractivity contribution in [2.24, 2.45) is 4.99 Å². The fourth-order valence-electron chi connectivity index (χ4n) is 2.00. The highest BCUT2D eigenvalue weighted by atomic mass is 32.2. The highest BCUT2D eigenvalue weighted by Gasteiger charge is 2.19. The van der Waals surface area contributed by atoms with E-state index in [1.807, 2.05) is 10.0 Å². The Hall–Kier alpha value is -3.35. The van der Waals surface area contributed by atoms with E-state index in [0.29, 0.717) is 0 Å². The smallest absolute Gasteiger partial charge is 0.325 e. The van der Waals surface area contributed by atoms with Crippen molar-refractivity contribution in [1.29, 1.82) is 0 Å². The van der Waals surface area contributed by atoms with E-state index in [1.165, 1.54) is 0 Å². The van der Waals surface area contributed by atoms with Gasteiger partial charge in [-0.2, -0.15) is 0 Å². The summed E-state index contributed by atoms with van der Waals surface area (Å²) in [5.41, 5.74) is -1.26. The van der Waals surface area contributed by atoms with Crippen LogP contribution in [0.3, 0.4) is 0 Å². The molecule has 0 unspecified atom stereocenters. The summed E-state index contributed by atoms with van der Waals surface area (Å²) in [4.78, 5) is 23.5. The third kappa shape index (κ3) is 4.84. The number of carbonyl (C=O) groups is 1. The number of benzene rings is 1. The summed E-state index contributed by atoms with van der Waals surface area (Å²) >= 11 is 0. The molecule has 0 radical (unpaired) electrons. The molecule has 1 heterocycles. The van der Waals surface area contributed by atoms with E-state index in [9.17, 15) is 22.0 Å². The van der Waals surface area contributed by atoms with Gasteiger partial charge in [-0.05, 0) is 18.9 Å². The number of aliphatic imine (C=N–C) groups is 1. The number of hydrogen-bond donors (Lipinski definition) is 4. The average molecular weight is 399 g/mol. The molecular weight excluding hydrogens is 384 g/mol. The van der Waals surface area contributed by atoms with Crippen LogP contribution in [0.4, 0.5) is 42.3 Å². The zero-order valence-corrected chi connectivity index (χ0v) is 15.0. The normalized spacial score (nSPS) is 10.8. The van der Waals surface area contributed by atoms with Gasteiger partial charge in [0.25, 0.3) is 0 Å². The molecule has 0 aliphatic heterocycles. The van der Waals surface area contributed by atoms with Crippen molar-refractivity contribution in [3.8, 4) is 0 Å². The molecule has 27 heavy (non-hydrogen) atoms. The summed E-state index contributed by atoms with van der Waals surface area (Å²) in [6, 6.07) is 0.639. The lowest BCUT2D eigenvalue weighted by atomic mass is 10.2. The Morgan fingerprint density at radius 2 is 1.85 bits per heavy atom. The van der Waals surface area contributed by atoms with Crippen LogP contribution in [-0.4, -0.2) is 44.4 Å². The molecule has 2 amide bonds. The molecule has 0 aliphatic carbocycles. The van der Waals surface area contributed by atoms with Gasteiger partial charge in [0.15, 0.2) is 17.5 Å². The Bertz CT molecular complexity index is 998. The third-order valence-corrected chi connectivity index (χ3v) is 3.66. The van der Waals surface area contributed by atoms with Crippen molar-refractivity contribution >= 4 is 51.5 Å². The molecule has 0 fully saturated rings. The maximum Gasteiger partial charge on any atom is 0.325 e. The number of halogens is 2. The lowest BCUT2D eigenvalue weighted by Crippen LogP contribution is -2.22. The molecule has 0 saturated heterocycles. The van der Waals surface area contributed by atoms with Crippen LogP contribution in [0.15, 0.2) is 23.5 Å². The summed E-state index contributed by atoms with van der Waals surface area (Å²) in [5.74, 6) is -2.20. The summed E-state index contributed by atoms with van der Waals surface area (Å²) in [6.07, 6.45) is 1.93. The second-order valence-corrected chi connectivity index (χ2v) is 6.81. The van der Waals surface area contributed by atoms with Crippen LogP contribution in [0.2, 0.25) is 0 Å². The van der Waals surface area contributed by atoms with Gasteiger partial charge in [-0.3, -0.25) is 15.0 Å². The molecule has 10 nitrogen and oxygen atoms in total. The van der Waals surface area contributed by atoms with Crippen LogP contribution in [0.5, 0.6) is 0 Å². The van der Waals surface area contributed by atoms with Crippen molar-refractivity contribution in [3.05, 3.63) is 30.1 Å². The molecule has 2 rings (SSSR count). The molecule has 0 aliphatic rings. The molecule has 0 bridgehead atoms. The third-order valence-electron chi connectivity index (χ3n) is 3.07. The highest BCUT2D eigenvalue weighted by Crippen LogP contribution is 2.30. The maximum absolute atomic E-state index is 14.4. The monoisotopic (exact) mass is 399 g/mol. The van der Waals surface area contributed by atoms with Gasteiger partial charge in [-0.25, -0.2) is 32.0 Å². The van der Waals surface area contributed by atoms with Gasteiger partial charge in [0.1, 0.15) is 23.5 Å². The Balaban J connectivity index is 2.29. The quantitative estimate of drug-likeness (QED) is 0.549. The second-order valence-electron chi connectivity index (χ2n) is 5.06. The van der Waals surface area contributed by atoms with Gasteiger partial charge in [-0.15, -0.1) is 0 Å². The topological polar surface area (TPSA) is 137 Å². The molecule has 2 aromatic rings. The van der Waals surface area contributed by atoms with E-state index in [4.69, 9.17) is 0 Å². The van der Waals surface area contributed by atoms with Crippen LogP contribution < -0.4 is 20.7 Å². The van der Waals surface area contributed by atoms with E-state index >= 15 is 0 Å². The van der Waals surface area contributed by atoms with Crippen LogP contribution in [0.1, 0.15) is 0 Å². The standard InChI is InChI=1S/C14H15F2N7O3S/c1-17-11-12(18-2)19-6-20-13(11)22-14(24)21-10-7(15)4-5-8(9(10)16)23-27(3,25)26/h4-6,23H,1H2,2-3H3,(H3,18,19,20,21,22,24). The largest absolute Gasteiger partial charge is 0.371 e. The Morgan fingerprint density at radius 1 is 1.19 bits per heavy atom.